The average Bonchev–Trinajstić information content (AvgIpc) is 2.26. The van der Waals surface area contributed by atoms with Crippen molar-refractivity contribution in [1.29, 1.82) is 0 Å². The molecule has 0 bridgehead atoms. The quantitative estimate of drug-likeness (QED) is 0.676. The summed E-state index contributed by atoms with van der Waals surface area (Å²) in [5.41, 5.74) is 0. The van der Waals surface area contributed by atoms with Crippen LogP contribution in [-0.4, -0.2) is 50.5 Å². The van der Waals surface area contributed by atoms with Gasteiger partial charge in [-0.1, -0.05) is 0 Å². The Morgan fingerprint density at radius 2 is 2.07 bits per heavy atom. The van der Waals surface area contributed by atoms with E-state index in [0.29, 0.717) is 25.3 Å². The molecule has 0 spiro atoms. The molecule has 90 valence electrons. The maximum Gasteiger partial charge on any atom is 0.0701 e. The van der Waals surface area contributed by atoms with Gasteiger partial charge >= 0.3 is 0 Å². The molecular formula is C11H23NO2S. The van der Waals surface area contributed by atoms with E-state index in [2.05, 4.69) is 24.0 Å². The molecule has 1 unspecified atom stereocenters. The van der Waals surface area contributed by atoms with Gasteiger partial charge in [-0.15, -0.1) is 0 Å². The highest BCUT2D eigenvalue weighted by Crippen LogP contribution is 2.17. The van der Waals surface area contributed by atoms with Crippen LogP contribution >= 0.6 is 11.8 Å². The first-order valence-electron chi connectivity index (χ1n) is 5.73. The minimum Gasteiger partial charge on any atom is -0.382 e. The number of rotatable bonds is 7. The minimum absolute atomic E-state index is 0.454. The molecule has 0 aromatic rings. The largest absolute Gasteiger partial charge is 0.382 e. The summed E-state index contributed by atoms with van der Waals surface area (Å²) in [4.78, 5) is 0. The van der Waals surface area contributed by atoms with Crippen molar-refractivity contribution in [1.82, 2.24) is 5.32 Å². The highest BCUT2D eigenvalue weighted by molar-refractivity contribution is 7.99. The van der Waals surface area contributed by atoms with Gasteiger partial charge in [0.1, 0.15) is 0 Å². The maximum absolute atomic E-state index is 5.48. The molecule has 15 heavy (non-hydrogen) atoms. The molecule has 0 amide bonds. The Hall–Kier alpha value is 0.230. The standard InChI is InChI=1S/C11H23NO2S/c1-10(9-14-6-5-13-2)12-11-3-7-15-8-4-11/h10-12H,3-9H2,1-2H3. The molecule has 0 radical (unpaired) electrons. The monoisotopic (exact) mass is 233 g/mol. The average molecular weight is 233 g/mol. The van der Waals surface area contributed by atoms with Gasteiger partial charge < -0.3 is 14.8 Å². The fourth-order valence-electron chi connectivity index (χ4n) is 1.72. The summed E-state index contributed by atoms with van der Waals surface area (Å²) in [6, 6.07) is 1.15. The summed E-state index contributed by atoms with van der Waals surface area (Å²) in [5, 5.41) is 3.62. The van der Waals surface area contributed by atoms with Crippen molar-refractivity contribution in [3.8, 4) is 0 Å². The van der Waals surface area contributed by atoms with Gasteiger partial charge in [-0.2, -0.15) is 11.8 Å². The van der Waals surface area contributed by atoms with E-state index in [1.165, 1.54) is 24.3 Å². The Balaban J connectivity index is 1.98. The first-order valence-corrected chi connectivity index (χ1v) is 6.89. The Labute approximate surface area is 97.3 Å². The Kier molecular flexibility index (Phi) is 7.44. The molecule has 1 aliphatic heterocycles. The highest BCUT2D eigenvalue weighted by Gasteiger charge is 2.15. The van der Waals surface area contributed by atoms with Crippen molar-refractivity contribution in [2.45, 2.75) is 31.8 Å². The van der Waals surface area contributed by atoms with Crippen molar-refractivity contribution in [2.75, 3.05) is 38.4 Å². The summed E-state index contributed by atoms with van der Waals surface area (Å²) in [5.74, 6) is 2.60. The molecule has 1 N–H and O–H groups in total. The van der Waals surface area contributed by atoms with Crippen LogP contribution in [0.2, 0.25) is 0 Å². The molecule has 1 fully saturated rings. The van der Waals surface area contributed by atoms with E-state index in [-0.39, 0.29) is 0 Å². The Morgan fingerprint density at radius 3 is 2.73 bits per heavy atom. The number of hydrogen-bond acceptors (Lipinski definition) is 4. The SMILES string of the molecule is COCCOCC(C)NC1CCSCC1. The molecule has 0 aliphatic carbocycles. The minimum atomic E-state index is 0.454. The van der Waals surface area contributed by atoms with Crippen LogP contribution in [0.3, 0.4) is 0 Å². The van der Waals surface area contributed by atoms with Crippen LogP contribution < -0.4 is 5.32 Å². The van der Waals surface area contributed by atoms with Gasteiger partial charge in [-0.25, -0.2) is 0 Å². The molecule has 3 nitrogen and oxygen atoms in total. The van der Waals surface area contributed by atoms with E-state index < -0.39 is 0 Å². The van der Waals surface area contributed by atoms with Crippen LogP contribution in [0.25, 0.3) is 0 Å². The van der Waals surface area contributed by atoms with Gasteiger partial charge in [0.15, 0.2) is 0 Å². The summed E-state index contributed by atoms with van der Waals surface area (Å²) < 4.78 is 10.4. The zero-order valence-corrected chi connectivity index (χ0v) is 10.6. The van der Waals surface area contributed by atoms with Crippen LogP contribution in [0.4, 0.5) is 0 Å². The van der Waals surface area contributed by atoms with Crippen LogP contribution in [0.5, 0.6) is 0 Å². The molecule has 1 rings (SSSR count). The van der Waals surface area contributed by atoms with Gasteiger partial charge in [-0.05, 0) is 31.3 Å². The fourth-order valence-corrected chi connectivity index (χ4v) is 2.82. The lowest BCUT2D eigenvalue weighted by molar-refractivity contribution is 0.0592. The first-order chi connectivity index (χ1) is 7.33. The first kappa shape index (κ1) is 13.3. The second-order valence-electron chi connectivity index (χ2n) is 4.02. The van der Waals surface area contributed by atoms with E-state index in [1.807, 2.05) is 0 Å². The zero-order valence-electron chi connectivity index (χ0n) is 9.83. The van der Waals surface area contributed by atoms with Crippen molar-refractivity contribution in [3.63, 3.8) is 0 Å². The van der Waals surface area contributed by atoms with Crippen molar-refractivity contribution in [3.05, 3.63) is 0 Å². The predicted molar refractivity (Wildman–Crippen MR) is 65.6 cm³/mol. The summed E-state index contributed by atoms with van der Waals surface area (Å²) >= 11 is 2.06. The Bertz CT molecular complexity index is 152. The van der Waals surface area contributed by atoms with Crippen molar-refractivity contribution >= 4 is 11.8 Å². The number of hydrogen-bond donors (Lipinski definition) is 1. The highest BCUT2D eigenvalue weighted by atomic mass is 32.2. The third-order valence-electron chi connectivity index (χ3n) is 2.54. The summed E-state index contributed by atoms with van der Waals surface area (Å²) in [6.45, 7) is 4.36. The third kappa shape index (κ3) is 6.40. The maximum atomic E-state index is 5.48. The normalized spacial score (nSPS) is 20.4. The lowest BCUT2D eigenvalue weighted by Crippen LogP contribution is -2.41. The van der Waals surface area contributed by atoms with Crippen LogP contribution in [0.1, 0.15) is 19.8 Å². The Morgan fingerprint density at radius 1 is 1.33 bits per heavy atom. The van der Waals surface area contributed by atoms with Gasteiger partial charge in [0.05, 0.1) is 19.8 Å². The molecule has 1 aliphatic rings. The molecular weight excluding hydrogens is 210 g/mol. The van der Waals surface area contributed by atoms with E-state index >= 15 is 0 Å². The third-order valence-corrected chi connectivity index (χ3v) is 3.59. The predicted octanol–water partition coefficient (Wildman–Crippen LogP) is 1.52. The molecule has 0 aromatic heterocycles. The second-order valence-corrected chi connectivity index (χ2v) is 5.25. The molecule has 1 heterocycles. The second kappa shape index (κ2) is 8.39. The van der Waals surface area contributed by atoms with Crippen LogP contribution in [0.15, 0.2) is 0 Å². The van der Waals surface area contributed by atoms with Gasteiger partial charge in [0.2, 0.25) is 0 Å². The number of nitrogens with one attached hydrogen (secondary N) is 1. The summed E-state index contributed by atoms with van der Waals surface area (Å²) in [6.07, 6.45) is 2.60. The zero-order chi connectivity index (χ0) is 10.9. The summed E-state index contributed by atoms with van der Waals surface area (Å²) in [7, 11) is 1.70. The van der Waals surface area contributed by atoms with Crippen molar-refractivity contribution < 1.29 is 9.47 Å². The van der Waals surface area contributed by atoms with E-state index in [0.717, 1.165) is 6.61 Å². The number of methoxy groups -OCH3 is 1. The topological polar surface area (TPSA) is 30.5 Å². The molecule has 4 heteroatoms. The number of ether oxygens (including phenoxy) is 2. The van der Waals surface area contributed by atoms with Gasteiger partial charge in [0.25, 0.3) is 0 Å². The van der Waals surface area contributed by atoms with Gasteiger partial charge in [0, 0.05) is 19.2 Å². The number of thioether (sulfide) groups is 1. The van der Waals surface area contributed by atoms with Crippen LogP contribution in [0, 0.1) is 0 Å². The molecule has 1 saturated heterocycles. The van der Waals surface area contributed by atoms with Crippen molar-refractivity contribution in [2.24, 2.45) is 0 Å². The van der Waals surface area contributed by atoms with Gasteiger partial charge in [-0.3, -0.25) is 0 Å². The molecule has 0 aromatic carbocycles. The molecule has 0 saturated carbocycles. The van der Waals surface area contributed by atoms with E-state index in [4.69, 9.17) is 9.47 Å². The van der Waals surface area contributed by atoms with E-state index in [1.54, 1.807) is 7.11 Å². The lowest BCUT2D eigenvalue weighted by atomic mass is 10.1. The molecule has 1 atom stereocenters. The lowest BCUT2D eigenvalue weighted by Gasteiger charge is -2.26. The smallest absolute Gasteiger partial charge is 0.0701 e. The van der Waals surface area contributed by atoms with Crippen LogP contribution in [-0.2, 0) is 9.47 Å². The fraction of sp³-hybridized carbons (Fsp3) is 1.00. The van der Waals surface area contributed by atoms with E-state index in [9.17, 15) is 0 Å².